The molecule has 0 aliphatic heterocycles. The second-order valence-electron chi connectivity index (χ2n) is 6.77. The summed E-state index contributed by atoms with van der Waals surface area (Å²) in [4.78, 5) is 1.34. The van der Waals surface area contributed by atoms with Crippen LogP contribution in [0.2, 0.25) is 0 Å². The van der Waals surface area contributed by atoms with Gasteiger partial charge in [0.25, 0.3) is 0 Å². The van der Waals surface area contributed by atoms with Crippen molar-refractivity contribution in [3.05, 3.63) is 76.4 Å². The molecule has 2 N–H and O–H groups in total. The first-order valence-corrected chi connectivity index (χ1v) is 8.75. The fraction of sp³-hybridized carbons (Fsp3) is 0.100. The van der Waals surface area contributed by atoms with Crippen molar-refractivity contribution in [1.29, 1.82) is 0 Å². The molecule has 0 atom stereocenters. The zero-order valence-electron chi connectivity index (χ0n) is 16.5. The highest BCUT2D eigenvalue weighted by molar-refractivity contribution is 5.80. The van der Waals surface area contributed by atoms with Crippen LogP contribution < -0.4 is 15.5 Å². The fourth-order valence-electron chi connectivity index (χ4n) is 2.81. The topological polar surface area (TPSA) is 27.3 Å². The Hall–Kier alpha value is -3.64. The molecule has 0 saturated carbocycles. The third-order valence-corrected chi connectivity index (χ3v) is 4.43. The minimum absolute atomic E-state index is 0.0990. The van der Waals surface area contributed by atoms with Gasteiger partial charge < -0.3 is 15.5 Å². The Morgan fingerprint density at radius 3 is 1.27 bits per heavy atom. The van der Waals surface area contributed by atoms with Gasteiger partial charge in [0.2, 0.25) is 11.6 Å². The maximum Gasteiger partial charge on any atom is 0.200 e. The van der Waals surface area contributed by atoms with Gasteiger partial charge in [0.05, 0.1) is 11.4 Å². The van der Waals surface area contributed by atoms with Crippen LogP contribution in [-0.4, -0.2) is 14.1 Å². The van der Waals surface area contributed by atoms with Gasteiger partial charge in [-0.1, -0.05) is 0 Å². The Morgan fingerprint density at radius 2 is 0.879 bits per heavy atom. The highest BCUT2D eigenvalue weighted by atomic mass is 19.2. The molecule has 0 heterocycles. The van der Waals surface area contributed by atoms with Crippen molar-refractivity contribution in [2.45, 2.75) is 0 Å². The first kappa shape index (κ1) is 24.0. The number of nitrogens with zero attached hydrogens (tertiary/aromatic N) is 1. The molecule has 3 nitrogen and oxygen atoms in total. The molecule has 0 aliphatic rings. The third-order valence-electron chi connectivity index (χ3n) is 4.43. The lowest BCUT2D eigenvalue weighted by Crippen LogP contribution is -2.13. The highest BCUT2D eigenvalue weighted by Crippen LogP contribution is 2.37. The Labute approximate surface area is 179 Å². The summed E-state index contributed by atoms with van der Waals surface area (Å²) in [5.41, 5.74) is -3.44. The molecule has 33 heavy (non-hydrogen) atoms. The van der Waals surface area contributed by atoms with Crippen LogP contribution in [0, 0.1) is 58.2 Å². The van der Waals surface area contributed by atoms with Crippen LogP contribution >= 0.6 is 0 Å². The van der Waals surface area contributed by atoms with E-state index in [9.17, 15) is 43.9 Å². The van der Waals surface area contributed by atoms with Crippen LogP contribution in [0.25, 0.3) is 0 Å². The van der Waals surface area contributed by atoms with E-state index >= 15 is 0 Å². The number of rotatable bonds is 5. The molecule has 176 valence electrons. The van der Waals surface area contributed by atoms with Gasteiger partial charge in [0.15, 0.2) is 46.5 Å². The largest absolute Gasteiger partial charge is 0.376 e. The maximum atomic E-state index is 14.1. The van der Waals surface area contributed by atoms with Crippen molar-refractivity contribution in [3.8, 4) is 0 Å². The van der Waals surface area contributed by atoms with Gasteiger partial charge >= 0.3 is 0 Å². The van der Waals surface area contributed by atoms with E-state index in [0.29, 0.717) is 0 Å². The molecule has 0 bridgehead atoms. The van der Waals surface area contributed by atoms with Crippen LogP contribution in [0.4, 0.5) is 72.3 Å². The minimum atomic E-state index is -2.38. The second kappa shape index (κ2) is 8.71. The molecule has 3 rings (SSSR count). The van der Waals surface area contributed by atoms with E-state index in [1.807, 2.05) is 10.6 Å². The van der Waals surface area contributed by atoms with Gasteiger partial charge in [-0.2, -0.15) is 0 Å². The normalized spacial score (nSPS) is 11.0. The number of hydrogen-bond acceptors (Lipinski definition) is 3. The lowest BCUT2D eigenvalue weighted by atomic mass is 10.1. The molecule has 3 aromatic rings. The first-order valence-electron chi connectivity index (χ1n) is 8.75. The quantitative estimate of drug-likeness (QED) is 0.242. The maximum absolute atomic E-state index is 14.1. The van der Waals surface area contributed by atoms with Crippen molar-refractivity contribution < 1.29 is 43.9 Å². The summed E-state index contributed by atoms with van der Waals surface area (Å²) < 4.78 is 136. The molecule has 0 unspecified atom stereocenters. The standard InChI is InChI=1S/C20H11F10N3/c1-33(2)8-4-3-6(31-19-15(27)11(23)9(21)12(24)16(19)28)5-7(8)32-20-17(29)13(25)10(22)14(26)18(20)30/h3-5,31-32H,1-2H3. The molecule has 0 radical (unpaired) electrons. The Bertz CT molecular complexity index is 1200. The summed E-state index contributed by atoms with van der Waals surface area (Å²) >= 11 is 0. The van der Waals surface area contributed by atoms with Crippen molar-refractivity contribution in [1.82, 2.24) is 0 Å². The zero-order chi connectivity index (χ0) is 24.8. The van der Waals surface area contributed by atoms with E-state index in [1.54, 1.807) is 0 Å². The van der Waals surface area contributed by atoms with Crippen LogP contribution in [0.5, 0.6) is 0 Å². The van der Waals surface area contributed by atoms with Crippen molar-refractivity contribution in [2.24, 2.45) is 0 Å². The summed E-state index contributed by atoms with van der Waals surface area (Å²) in [5, 5.41) is 3.96. The van der Waals surface area contributed by atoms with Crippen molar-refractivity contribution in [2.75, 3.05) is 29.6 Å². The van der Waals surface area contributed by atoms with Crippen LogP contribution in [-0.2, 0) is 0 Å². The fourth-order valence-corrected chi connectivity index (χ4v) is 2.81. The molecule has 13 heteroatoms. The predicted molar refractivity (Wildman–Crippen MR) is 99.8 cm³/mol. The van der Waals surface area contributed by atoms with Crippen LogP contribution in [0.15, 0.2) is 18.2 Å². The average Bonchev–Trinajstić information content (AvgIpc) is 2.79. The summed E-state index contributed by atoms with van der Waals surface area (Å²) in [7, 11) is 2.88. The number of hydrogen-bond donors (Lipinski definition) is 2. The lowest BCUT2D eigenvalue weighted by Gasteiger charge is -2.21. The van der Waals surface area contributed by atoms with Gasteiger partial charge in [-0.05, 0) is 18.2 Å². The summed E-state index contributed by atoms with van der Waals surface area (Å²) in [6.45, 7) is 0. The van der Waals surface area contributed by atoms with E-state index in [4.69, 9.17) is 0 Å². The number of nitrogens with one attached hydrogen (secondary N) is 2. The van der Waals surface area contributed by atoms with E-state index in [-0.39, 0.29) is 17.1 Å². The van der Waals surface area contributed by atoms with Gasteiger partial charge in [-0.15, -0.1) is 0 Å². The summed E-state index contributed by atoms with van der Waals surface area (Å²) in [6, 6.07) is 3.19. The summed E-state index contributed by atoms with van der Waals surface area (Å²) in [5.74, 6) is -22.4. The van der Waals surface area contributed by atoms with Crippen LogP contribution in [0.1, 0.15) is 0 Å². The average molecular weight is 483 g/mol. The smallest absolute Gasteiger partial charge is 0.200 e. The predicted octanol–water partition coefficient (Wildman–Crippen LogP) is 6.63. The first-order chi connectivity index (χ1) is 15.4. The van der Waals surface area contributed by atoms with Crippen LogP contribution in [0.3, 0.4) is 0 Å². The monoisotopic (exact) mass is 483 g/mol. The molecule has 0 amide bonds. The second-order valence-corrected chi connectivity index (χ2v) is 6.77. The Kier molecular flexibility index (Phi) is 6.34. The molecule has 0 spiro atoms. The molecular formula is C20H11F10N3. The van der Waals surface area contributed by atoms with Gasteiger partial charge in [-0.3, -0.25) is 0 Å². The molecule has 0 aromatic heterocycles. The highest BCUT2D eigenvalue weighted by Gasteiger charge is 2.28. The molecule has 0 aliphatic carbocycles. The number of benzene rings is 3. The van der Waals surface area contributed by atoms with Gasteiger partial charge in [0.1, 0.15) is 11.4 Å². The van der Waals surface area contributed by atoms with E-state index < -0.39 is 69.5 Å². The van der Waals surface area contributed by atoms with Crippen molar-refractivity contribution in [3.63, 3.8) is 0 Å². The van der Waals surface area contributed by atoms with Gasteiger partial charge in [-0.25, -0.2) is 43.9 Å². The Morgan fingerprint density at radius 1 is 0.515 bits per heavy atom. The molecule has 0 saturated heterocycles. The molecule has 3 aromatic carbocycles. The SMILES string of the molecule is CN(C)c1ccc(Nc2c(F)c(F)c(F)c(F)c2F)cc1Nc1c(F)c(F)c(F)c(F)c1F. The van der Waals surface area contributed by atoms with Crippen molar-refractivity contribution >= 4 is 28.4 Å². The zero-order valence-corrected chi connectivity index (χ0v) is 16.5. The Balaban J connectivity index is 2.12. The minimum Gasteiger partial charge on any atom is -0.376 e. The van der Waals surface area contributed by atoms with E-state index in [0.717, 1.165) is 12.1 Å². The number of halogens is 10. The number of anilines is 5. The van der Waals surface area contributed by atoms with E-state index in [2.05, 4.69) is 0 Å². The van der Waals surface area contributed by atoms with E-state index in [1.165, 1.54) is 25.1 Å². The molecular weight excluding hydrogens is 472 g/mol. The van der Waals surface area contributed by atoms with Gasteiger partial charge in [0, 0.05) is 19.8 Å². The molecule has 0 fully saturated rings. The third kappa shape index (κ3) is 4.10. The lowest BCUT2D eigenvalue weighted by molar-refractivity contribution is 0.382. The summed E-state index contributed by atoms with van der Waals surface area (Å²) in [6.07, 6.45) is 0.